The van der Waals surface area contributed by atoms with Crippen LogP contribution in [-0.2, 0) is 6.54 Å². The van der Waals surface area contributed by atoms with Gasteiger partial charge < -0.3 is 10.6 Å². The number of rotatable bonds is 6. The maximum Gasteiger partial charge on any atom is 0.251 e. The highest BCUT2D eigenvalue weighted by molar-refractivity contribution is 5.95. The molecule has 5 nitrogen and oxygen atoms in total. The van der Waals surface area contributed by atoms with Crippen molar-refractivity contribution in [1.29, 1.82) is 0 Å². The summed E-state index contributed by atoms with van der Waals surface area (Å²) in [7, 11) is 0. The Morgan fingerprint density at radius 3 is 2.35 bits per heavy atom. The van der Waals surface area contributed by atoms with Gasteiger partial charge in [-0.05, 0) is 42.7 Å². The second kappa shape index (κ2) is 7.35. The monoisotopic (exact) mass is 344 g/mol. The van der Waals surface area contributed by atoms with Crippen molar-refractivity contribution in [1.82, 2.24) is 15.5 Å². The van der Waals surface area contributed by atoms with Crippen molar-refractivity contribution in [2.75, 3.05) is 5.32 Å². The van der Waals surface area contributed by atoms with Crippen molar-refractivity contribution < 1.29 is 4.79 Å². The van der Waals surface area contributed by atoms with Gasteiger partial charge in [-0.2, -0.15) is 0 Å². The maximum absolute atomic E-state index is 12.0. The van der Waals surface area contributed by atoms with Gasteiger partial charge in [-0.1, -0.05) is 42.5 Å². The molecular weight excluding hydrogens is 324 g/mol. The second-order valence-corrected chi connectivity index (χ2v) is 6.47. The minimum Gasteiger partial charge on any atom is -0.365 e. The Kier molecular flexibility index (Phi) is 4.60. The Labute approximate surface area is 152 Å². The van der Waals surface area contributed by atoms with Crippen LogP contribution in [0.5, 0.6) is 0 Å². The van der Waals surface area contributed by atoms with Crippen LogP contribution in [0, 0.1) is 0 Å². The molecule has 2 N–H and O–H groups in total. The molecule has 1 aliphatic carbocycles. The lowest BCUT2D eigenvalue weighted by Crippen LogP contribution is -2.25. The molecule has 1 amide bonds. The lowest BCUT2D eigenvalue weighted by molar-refractivity contribution is 0.0951. The first-order valence-corrected chi connectivity index (χ1v) is 8.81. The minimum absolute atomic E-state index is 0.00871. The van der Waals surface area contributed by atoms with Gasteiger partial charge in [-0.15, -0.1) is 10.2 Å². The minimum atomic E-state index is -0.00871. The predicted octanol–water partition coefficient (Wildman–Crippen LogP) is 3.65. The van der Waals surface area contributed by atoms with Gasteiger partial charge in [-0.3, -0.25) is 4.79 Å². The summed E-state index contributed by atoms with van der Waals surface area (Å²) >= 11 is 0. The van der Waals surface area contributed by atoms with Crippen LogP contribution < -0.4 is 10.6 Å². The standard InChI is InChI=1S/C21H20N4O/c26-21(23-18-10-11-18)17-8-6-16(7-9-17)19-12-13-20(25-24-19)22-14-15-4-2-1-3-5-15/h1-9,12-13,18H,10-11,14H2,(H,22,25)(H,23,26). The molecule has 4 rings (SSSR count). The molecule has 1 aromatic heterocycles. The lowest BCUT2D eigenvalue weighted by Gasteiger charge is -2.07. The van der Waals surface area contributed by atoms with Gasteiger partial charge in [0, 0.05) is 23.7 Å². The molecular formula is C21H20N4O. The van der Waals surface area contributed by atoms with E-state index < -0.39 is 0 Å². The molecule has 0 spiro atoms. The van der Waals surface area contributed by atoms with E-state index in [9.17, 15) is 4.79 Å². The van der Waals surface area contributed by atoms with Crippen LogP contribution in [-0.4, -0.2) is 22.1 Å². The van der Waals surface area contributed by atoms with Crippen molar-refractivity contribution >= 4 is 11.7 Å². The van der Waals surface area contributed by atoms with Gasteiger partial charge >= 0.3 is 0 Å². The molecule has 130 valence electrons. The maximum atomic E-state index is 12.0. The molecule has 1 heterocycles. The Morgan fingerprint density at radius 2 is 1.69 bits per heavy atom. The van der Waals surface area contributed by atoms with E-state index in [2.05, 4.69) is 33.0 Å². The van der Waals surface area contributed by atoms with Crippen molar-refractivity contribution in [3.8, 4) is 11.3 Å². The summed E-state index contributed by atoms with van der Waals surface area (Å²) in [5.74, 6) is 0.726. The summed E-state index contributed by atoms with van der Waals surface area (Å²) in [6.45, 7) is 0.708. The molecule has 0 saturated heterocycles. The van der Waals surface area contributed by atoms with Crippen molar-refractivity contribution in [3.05, 3.63) is 77.9 Å². The highest BCUT2D eigenvalue weighted by Gasteiger charge is 2.23. The summed E-state index contributed by atoms with van der Waals surface area (Å²) in [6, 6.07) is 21.8. The van der Waals surface area contributed by atoms with E-state index in [4.69, 9.17) is 0 Å². The first-order valence-electron chi connectivity index (χ1n) is 8.81. The predicted molar refractivity (Wildman–Crippen MR) is 102 cm³/mol. The van der Waals surface area contributed by atoms with Crippen LogP contribution in [0.2, 0.25) is 0 Å². The smallest absolute Gasteiger partial charge is 0.251 e. The van der Waals surface area contributed by atoms with E-state index in [1.807, 2.05) is 54.6 Å². The van der Waals surface area contributed by atoms with E-state index in [0.717, 1.165) is 29.9 Å². The molecule has 0 aliphatic heterocycles. The first kappa shape index (κ1) is 16.3. The number of nitrogens with one attached hydrogen (secondary N) is 2. The Balaban J connectivity index is 1.39. The topological polar surface area (TPSA) is 66.9 Å². The second-order valence-electron chi connectivity index (χ2n) is 6.47. The zero-order valence-corrected chi connectivity index (χ0v) is 14.4. The van der Waals surface area contributed by atoms with Gasteiger partial charge in [-0.25, -0.2) is 0 Å². The summed E-state index contributed by atoms with van der Waals surface area (Å²) in [4.78, 5) is 12.0. The van der Waals surface area contributed by atoms with Crippen LogP contribution in [0.4, 0.5) is 5.82 Å². The van der Waals surface area contributed by atoms with Gasteiger partial charge in [0.15, 0.2) is 0 Å². The van der Waals surface area contributed by atoms with Gasteiger partial charge in [0.1, 0.15) is 5.82 Å². The normalized spacial score (nSPS) is 13.2. The molecule has 0 unspecified atom stereocenters. The zero-order valence-electron chi connectivity index (χ0n) is 14.4. The molecule has 1 fully saturated rings. The largest absolute Gasteiger partial charge is 0.365 e. The molecule has 0 radical (unpaired) electrons. The fourth-order valence-corrected chi connectivity index (χ4v) is 2.66. The summed E-state index contributed by atoms with van der Waals surface area (Å²) < 4.78 is 0. The van der Waals surface area contributed by atoms with E-state index in [1.165, 1.54) is 5.56 Å². The Bertz CT molecular complexity index is 872. The third-order valence-electron chi connectivity index (χ3n) is 4.34. The molecule has 3 aromatic rings. The molecule has 26 heavy (non-hydrogen) atoms. The molecule has 1 saturated carbocycles. The van der Waals surface area contributed by atoms with E-state index >= 15 is 0 Å². The zero-order chi connectivity index (χ0) is 17.8. The number of nitrogens with zero attached hydrogens (tertiary/aromatic N) is 2. The van der Waals surface area contributed by atoms with Crippen LogP contribution >= 0.6 is 0 Å². The summed E-state index contributed by atoms with van der Waals surface area (Å²) in [6.07, 6.45) is 2.17. The first-order chi connectivity index (χ1) is 12.8. The van der Waals surface area contributed by atoms with Gasteiger partial charge in [0.2, 0.25) is 0 Å². The van der Waals surface area contributed by atoms with E-state index in [0.29, 0.717) is 18.2 Å². The van der Waals surface area contributed by atoms with E-state index in [1.54, 1.807) is 0 Å². The quantitative estimate of drug-likeness (QED) is 0.716. The fraction of sp³-hybridized carbons (Fsp3) is 0.190. The number of aromatic nitrogens is 2. The Hall–Kier alpha value is -3.21. The van der Waals surface area contributed by atoms with E-state index in [-0.39, 0.29) is 5.91 Å². The number of hydrogen-bond acceptors (Lipinski definition) is 4. The molecule has 0 bridgehead atoms. The highest BCUT2D eigenvalue weighted by atomic mass is 16.1. The molecule has 5 heteroatoms. The van der Waals surface area contributed by atoms with Crippen molar-refractivity contribution in [2.24, 2.45) is 0 Å². The summed E-state index contributed by atoms with van der Waals surface area (Å²) in [5.41, 5.74) is 3.59. The average molecular weight is 344 g/mol. The highest BCUT2D eigenvalue weighted by Crippen LogP contribution is 2.21. The van der Waals surface area contributed by atoms with Crippen molar-refractivity contribution in [2.45, 2.75) is 25.4 Å². The SMILES string of the molecule is O=C(NC1CC1)c1ccc(-c2ccc(NCc3ccccc3)nn2)cc1. The third kappa shape index (κ3) is 4.06. The number of hydrogen-bond donors (Lipinski definition) is 2. The van der Waals surface area contributed by atoms with Crippen LogP contribution in [0.15, 0.2) is 66.7 Å². The van der Waals surface area contributed by atoms with Crippen molar-refractivity contribution in [3.63, 3.8) is 0 Å². The third-order valence-corrected chi connectivity index (χ3v) is 4.34. The van der Waals surface area contributed by atoms with Gasteiger partial charge in [0.25, 0.3) is 5.91 Å². The number of benzene rings is 2. The van der Waals surface area contributed by atoms with Crippen LogP contribution in [0.25, 0.3) is 11.3 Å². The van der Waals surface area contributed by atoms with Gasteiger partial charge in [0.05, 0.1) is 5.69 Å². The van der Waals surface area contributed by atoms with Crippen LogP contribution in [0.1, 0.15) is 28.8 Å². The average Bonchev–Trinajstić information content (AvgIpc) is 3.52. The van der Waals surface area contributed by atoms with Crippen LogP contribution in [0.3, 0.4) is 0 Å². The number of carbonyl (C=O) groups excluding carboxylic acids is 1. The number of anilines is 1. The molecule has 2 aromatic carbocycles. The number of amides is 1. The number of carbonyl (C=O) groups is 1. The Morgan fingerprint density at radius 1 is 0.923 bits per heavy atom. The fourth-order valence-electron chi connectivity index (χ4n) is 2.66. The molecule has 1 aliphatic rings. The molecule has 0 atom stereocenters. The summed E-state index contributed by atoms with van der Waals surface area (Å²) in [5, 5.41) is 14.8. The lowest BCUT2D eigenvalue weighted by atomic mass is 10.1.